The predicted molar refractivity (Wildman–Crippen MR) is 108 cm³/mol. The van der Waals surface area contributed by atoms with Crippen LogP contribution in [0.2, 0.25) is 0 Å². The number of rotatable bonds is 4. The lowest BCUT2D eigenvalue weighted by molar-refractivity contribution is 0.171. The maximum Gasteiger partial charge on any atom is 0.319 e. The van der Waals surface area contributed by atoms with Crippen molar-refractivity contribution < 1.29 is 14.3 Å². The number of fused-ring (bicyclic) bond motifs is 2. The van der Waals surface area contributed by atoms with E-state index in [0.717, 1.165) is 20.9 Å². The largest absolute Gasteiger partial charge is 0.486 e. The van der Waals surface area contributed by atoms with Gasteiger partial charge in [-0.2, -0.15) is 0 Å². The van der Waals surface area contributed by atoms with Crippen molar-refractivity contribution in [2.24, 2.45) is 0 Å². The molecular weight excluding hydrogens is 410 g/mol. The van der Waals surface area contributed by atoms with E-state index >= 15 is 0 Å². The van der Waals surface area contributed by atoms with E-state index in [4.69, 9.17) is 9.47 Å². The average Bonchev–Trinajstić information content (AvgIpc) is 2.69. The maximum absolute atomic E-state index is 12.3. The summed E-state index contributed by atoms with van der Waals surface area (Å²) in [5.41, 5.74) is 2.70. The quantitative estimate of drug-likeness (QED) is 0.656. The van der Waals surface area contributed by atoms with Crippen LogP contribution < -0.4 is 20.1 Å². The van der Waals surface area contributed by atoms with Crippen LogP contribution in [0, 0.1) is 0 Å². The van der Waals surface area contributed by atoms with Gasteiger partial charge in [-0.25, -0.2) is 4.79 Å². The number of ether oxygens (including phenoxy) is 2. The first-order valence-corrected chi connectivity index (χ1v) is 9.46. The van der Waals surface area contributed by atoms with Gasteiger partial charge in [-0.1, -0.05) is 24.3 Å². The van der Waals surface area contributed by atoms with Crippen LogP contribution in [-0.4, -0.2) is 30.8 Å². The molecule has 2 amide bonds. The number of benzene rings is 2. The molecule has 0 bridgehead atoms. The minimum Gasteiger partial charge on any atom is -0.486 e. The molecule has 138 valence electrons. The van der Waals surface area contributed by atoms with Crippen molar-refractivity contribution >= 4 is 38.6 Å². The van der Waals surface area contributed by atoms with Crippen LogP contribution in [0.3, 0.4) is 0 Å². The normalized spacial score (nSPS) is 12.6. The summed E-state index contributed by atoms with van der Waals surface area (Å²) in [5, 5.41) is 6.81. The molecule has 1 aromatic heterocycles. The lowest BCUT2D eigenvalue weighted by Crippen LogP contribution is -2.30. The second-order valence-corrected chi connectivity index (χ2v) is 6.95. The summed E-state index contributed by atoms with van der Waals surface area (Å²) >= 11 is 3.45. The van der Waals surface area contributed by atoms with Crippen molar-refractivity contribution in [3.05, 3.63) is 58.7 Å². The zero-order valence-electron chi connectivity index (χ0n) is 14.5. The third kappa shape index (κ3) is 3.98. The molecule has 0 aliphatic carbocycles. The van der Waals surface area contributed by atoms with E-state index in [0.29, 0.717) is 43.4 Å². The molecular formula is C20H18BrN3O3. The fraction of sp³-hybridized carbons (Fsp3) is 0.200. The SMILES string of the molecule is O=C(NCCc1cccc2cccnc12)Nc1cc2c(cc1Br)OCCO2. The van der Waals surface area contributed by atoms with Crippen LogP contribution in [0.25, 0.3) is 10.9 Å². The monoisotopic (exact) mass is 427 g/mol. The van der Waals surface area contributed by atoms with Crippen LogP contribution in [0.5, 0.6) is 11.5 Å². The highest BCUT2D eigenvalue weighted by Gasteiger charge is 2.16. The van der Waals surface area contributed by atoms with Crippen molar-refractivity contribution in [1.82, 2.24) is 10.3 Å². The van der Waals surface area contributed by atoms with E-state index in [1.54, 1.807) is 18.3 Å². The van der Waals surface area contributed by atoms with Gasteiger partial charge in [0.15, 0.2) is 11.5 Å². The number of nitrogens with zero attached hydrogens (tertiary/aromatic N) is 1. The van der Waals surface area contributed by atoms with Gasteiger partial charge in [0.05, 0.1) is 11.2 Å². The number of urea groups is 1. The molecule has 27 heavy (non-hydrogen) atoms. The summed E-state index contributed by atoms with van der Waals surface area (Å²) in [5.74, 6) is 1.30. The third-order valence-corrected chi connectivity index (χ3v) is 4.93. The first-order chi connectivity index (χ1) is 13.2. The van der Waals surface area contributed by atoms with Crippen LogP contribution in [0.4, 0.5) is 10.5 Å². The Balaban J connectivity index is 1.37. The fourth-order valence-electron chi connectivity index (χ4n) is 3.01. The summed E-state index contributed by atoms with van der Waals surface area (Å²) in [4.78, 5) is 16.7. The van der Waals surface area contributed by atoms with Crippen molar-refractivity contribution in [3.63, 3.8) is 0 Å². The molecule has 3 aromatic rings. The number of anilines is 1. The minimum absolute atomic E-state index is 0.277. The van der Waals surface area contributed by atoms with E-state index in [1.807, 2.05) is 30.3 Å². The Hall–Kier alpha value is -2.80. The van der Waals surface area contributed by atoms with Crippen LogP contribution >= 0.6 is 15.9 Å². The molecule has 0 saturated carbocycles. The number of pyridine rings is 1. The number of para-hydroxylation sites is 1. The molecule has 0 saturated heterocycles. The standard InChI is InChI=1S/C20H18BrN3O3/c21-15-11-17-18(27-10-9-26-17)12-16(15)24-20(25)23-8-6-14-4-1-3-13-5-2-7-22-19(13)14/h1-5,7,11-12H,6,8-10H2,(H2,23,24,25). The molecule has 1 aliphatic heterocycles. The molecule has 2 N–H and O–H groups in total. The Morgan fingerprint density at radius 1 is 1.11 bits per heavy atom. The number of nitrogens with one attached hydrogen (secondary N) is 2. The van der Waals surface area contributed by atoms with E-state index in [2.05, 4.69) is 31.5 Å². The fourth-order valence-corrected chi connectivity index (χ4v) is 3.43. The molecule has 0 unspecified atom stereocenters. The topological polar surface area (TPSA) is 72.5 Å². The number of amides is 2. The Morgan fingerprint density at radius 2 is 1.89 bits per heavy atom. The molecule has 0 radical (unpaired) electrons. The van der Waals surface area contributed by atoms with Gasteiger partial charge in [-0.15, -0.1) is 0 Å². The Bertz CT molecular complexity index is 988. The minimum atomic E-state index is -0.277. The second kappa shape index (κ2) is 7.84. The van der Waals surface area contributed by atoms with E-state index < -0.39 is 0 Å². The van der Waals surface area contributed by atoms with Crippen LogP contribution in [0.15, 0.2) is 53.1 Å². The van der Waals surface area contributed by atoms with Gasteiger partial charge < -0.3 is 20.1 Å². The molecule has 2 aromatic carbocycles. The van der Waals surface area contributed by atoms with Gasteiger partial charge in [-0.05, 0) is 34.0 Å². The predicted octanol–water partition coefficient (Wildman–Crippen LogP) is 4.13. The highest BCUT2D eigenvalue weighted by atomic mass is 79.9. The Kier molecular flexibility index (Phi) is 5.11. The van der Waals surface area contributed by atoms with Gasteiger partial charge in [0.25, 0.3) is 0 Å². The molecule has 0 fully saturated rings. The van der Waals surface area contributed by atoms with E-state index in [9.17, 15) is 4.79 Å². The lowest BCUT2D eigenvalue weighted by atomic mass is 10.1. The molecule has 7 heteroatoms. The van der Waals surface area contributed by atoms with Crippen LogP contribution in [0.1, 0.15) is 5.56 Å². The summed E-state index contributed by atoms with van der Waals surface area (Å²) in [6, 6.07) is 13.3. The summed E-state index contributed by atoms with van der Waals surface area (Å²) < 4.78 is 11.8. The molecule has 0 spiro atoms. The molecule has 1 aliphatic rings. The van der Waals surface area contributed by atoms with Gasteiger partial charge in [0.2, 0.25) is 0 Å². The smallest absolute Gasteiger partial charge is 0.319 e. The van der Waals surface area contributed by atoms with E-state index in [1.165, 1.54) is 0 Å². The van der Waals surface area contributed by atoms with Crippen molar-refractivity contribution in [2.45, 2.75) is 6.42 Å². The summed E-state index contributed by atoms with van der Waals surface area (Å²) in [6.07, 6.45) is 2.48. The number of hydrogen-bond acceptors (Lipinski definition) is 4. The van der Waals surface area contributed by atoms with Crippen molar-refractivity contribution in [2.75, 3.05) is 25.1 Å². The highest BCUT2D eigenvalue weighted by molar-refractivity contribution is 9.10. The zero-order chi connectivity index (χ0) is 18.6. The highest BCUT2D eigenvalue weighted by Crippen LogP contribution is 2.38. The van der Waals surface area contributed by atoms with Gasteiger partial charge in [-0.3, -0.25) is 4.98 Å². The average molecular weight is 428 g/mol. The Labute approximate surface area is 165 Å². The van der Waals surface area contributed by atoms with Gasteiger partial charge in [0, 0.05) is 34.7 Å². The second-order valence-electron chi connectivity index (χ2n) is 6.10. The maximum atomic E-state index is 12.3. The third-order valence-electron chi connectivity index (χ3n) is 4.28. The Morgan fingerprint density at radius 3 is 2.74 bits per heavy atom. The first kappa shape index (κ1) is 17.6. The zero-order valence-corrected chi connectivity index (χ0v) is 16.1. The van der Waals surface area contributed by atoms with Gasteiger partial charge >= 0.3 is 6.03 Å². The molecule has 4 rings (SSSR count). The molecule has 6 nitrogen and oxygen atoms in total. The molecule has 2 heterocycles. The number of halogens is 1. The van der Waals surface area contributed by atoms with E-state index in [-0.39, 0.29) is 6.03 Å². The first-order valence-electron chi connectivity index (χ1n) is 8.67. The van der Waals surface area contributed by atoms with Crippen molar-refractivity contribution in [3.8, 4) is 11.5 Å². The van der Waals surface area contributed by atoms with Gasteiger partial charge in [0.1, 0.15) is 13.2 Å². The summed E-state index contributed by atoms with van der Waals surface area (Å²) in [7, 11) is 0. The van der Waals surface area contributed by atoms with Crippen molar-refractivity contribution in [1.29, 1.82) is 0 Å². The summed E-state index contributed by atoms with van der Waals surface area (Å²) in [6.45, 7) is 1.53. The van der Waals surface area contributed by atoms with Crippen LogP contribution in [-0.2, 0) is 6.42 Å². The number of carbonyl (C=O) groups is 1. The molecule has 0 atom stereocenters. The lowest BCUT2D eigenvalue weighted by Gasteiger charge is -2.20. The number of hydrogen-bond donors (Lipinski definition) is 2. The number of aromatic nitrogens is 1. The number of carbonyl (C=O) groups excluding carboxylic acids is 1.